The number of ether oxygens (including phenoxy) is 3. The molecule has 0 radical (unpaired) electrons. The van der Waals surface area contributed by atoms with Crippen molar-refractivity contribution in [3.63, 3.8) is 0 Å². The van der Waals surface area contributed by atoms with Gasteiger partial charge in [-0.2, -0.15) is 0 Å². The summed E-state index contributed by atoms with van der Waals surface area (Å²) in [5.41, 5.74) is 2.02. The summed E-state index contributed by atoms with van der Waals surface area (Å²) in [6.45, 7) is 3.99. The highest BCUT2D eigenvalue weighted by Crippen LogP contribution is 2.44. The highest BCUT2D eigenvalue weighted by molar-refractivity contribution is 5.72. The second-order valence-electron chi connectivity index (χ2n) is 7.11. The highest BCUT2D eigenvalue weighted by atomic mass is 16.5. The Labute approximate surface area is 148 Å². The van der Waals surface area contributed by atoms with Gasteiger partial charge in [-0.3, -0.25) is 9.69 Å². The fourth-order valence-corrected chi connectivity index (χ4v) is 4.27. The molecule has 1 N–H and O–H groups in total. The van der Waals surface area contributed by atoms with E-state index in [0.717, 1.165) is 42.8 Å². The molecule has 2 aliphatic heterocycles. The topological polar surface area (TPSA) is 68.2 Å². The first-order chi connectivity index (χ1) is 12.1. The van der Waals surface area contributed by atoms with Crippen molar-refractivity contribution in [2.75, 3.05) is 40.5 Å². The van der Waals surface area contributed by atoms with Gasteiger partial charge in [0.05, 0.1) is 19.6 Å². The van der Waals surface area contributed by atoms with Crippen LogP contribution in [0.25, 0.3) is 0 Å². The van der Waals surface area contributed by atoms with E-state index in [-0.39, 0.29) is 11.3 Å². The van der Waals surface area contributed by atoms with Crippen LogP contribution in [-0.4, -0.2) is 56.5 Å². The normalized spacial score (nSPS) is 23.0. The number of hydrogen-bond donors (Lipinski definition) is 1. The van der Waals surface area contributed by atoms with Crippen LogP contribution >= 0.6 is 0 Å². The fraction of sp³-hybridized carbons (Fsp3) is 0.632. The Morgan fingerprint density at radius 1 is 1.36 bits per heavy atom. The van der Waals surface area contributed by atoms with Gasteiger partial charge in [0.25, 0.3) is 0 Å². The number of carboxylic acid groups (broad SMARTS) is 1. The minimum atomic E-state index is -0.681. The van der Waals surface area contributed by atoms with E-state index in [1.54, 1.807) is 14.2 Å². The standard InChI is InChI=1S/C19H27NO5/c1-23-12-15-9-14(3-4-17(15)24-2)10-20-11-16(18(21)22)19(13-20)5-7-25-8-6-19/h3-4,9,16H,5-8,10-13H2,1-2H3,(H,21,22). The van der Waals surface area contributed by atoms with E-state index in [2.05, 4.69) is 11.0 Å². The summed E-state index contributed by atoms with van der Waals surface area (Å²) in [5.74, 6) is -0.177. The first-order valence-corrected chi connectivity index (χ1v) is 8.75. The van der Waals surface area contributed by atoms with E-state index in [4.69, 9.17) is 14.2 Å². The minimum absolute atomic E-state index is 0.147. The summed E-state index contributed by atoms with van der Waals surface area (Å²) >= 11 is 0. The number of methoxy groups -OCH3 is 2. The van der Waals surface area contributed by atoms with Gasteiger partial charge in [0.2, 0.25) is 0 Å². The van der Waals surface area contributed by atoms with Crippen LogP contribution < -0.4 is 4.74 Å². The third kappa shape index (κ3) is 3.81. The van der Waals surface area contributed by atoms with Crippen molar-refractivity contribution < 1.29 is 24.1 Å². The molecule has 1 spiro atoms. The van der Waals surface area contributed by atoms with E-state index >= 15 is 0 Å². The summed E-state index contributed by atoms with van der Waals surface area (Å²) in [6.07, 6.45) is 1.66. The Morgan fingerprint density at radius 3 is 2.76 bits per heavy atom. The van der Waals surface area contributed by atoms with Gasteiger partial charge in [0.1, 0.15) is 5.75 Å². The molecule has 3 rings (SSSR count). The molecular weight excluding hydrogens is 322 g/mol. The van der Waals surface area contributed by atoms with Gasteiger partial charge in [-0.05, 0) is 30.5 Å². The van der Waals surface area contributed by atoms with Gasteiger partial charge in [0, 0.05) is 50.9 Å². The van der Waals surface area contributed by atoms with Crippen LogP contribution in [0.15, 0.2) is 18.2 Å². The Morgan fingerprint density at radius 2 is 2.12 bits per heavy atom. The number of carbonyl (C=O) groups is 1. The zero-order valence-electron chi connectivity index (χ0n) is 15.0. The molecule has 2 fully saturated rings. The van der Waals surface area contributed by atoms with E-state index in [9.17, 15) is 9.90 Å². The van der Waals surface area contributed by atoms with E-state index in [1.165, 1.54) is 0 Å². The first kappa shape index (κ1) is 18.2. The second-order valence-corrected chi connectivity index (χ2v) is 7.11. The van der Waals surface area contributed by atoms with Crippen LogP contribution in [0, 0.1) is 11.3 Å². The predicted molar refractivity (Wildman–Crippen MR) is 92.6 cm³/mol. The molecule has 0 bridgehead atoms. The first-order valence-electron chi connectivity index (χ1n) is 8.75. The number of carboxylic acids is 1. The molecule has 6 nitrogen and oxygen atoms in total. The zero-order chi connectivity index (χ0) is 17.9. The van der Waals surface area contributed by atoms with Crippen molar-refractivity contribution in [3.8, 4) is 5.75 Å². The number of aliphatic carboxylic acids is 1. The lowest BCUT2D eigenvalue weighted by Gasteiger charge is -2.36. The number of hydrogen-bond acceptors (Lipinski definition) is 5. The van der Waals surface area contributed by atoms with Crippen molar-refractivity contribution in [2.24, 2.45) is 11.3 Å². The van der Waals surface area contributed by atoms with Crippen LogP contribution in [0.3, 0.4) is 0 Å². The SMILES string of the molecule is COCc1cc(CN2CC(C(=O)O)C3(CCOCC3)C2)ccc1OC. The zero-order valence-corrected chi connectivity index (χ0v) is 15.0. The Balaban J connectivity index is 1.75. The molecular formula is C19H27NO5. The van der Waals surface area contributed by atoms with Gasteiger partial charge in [-0.15, -0.1) is 0 Å². The molecule has 1 aromatic rings. The monoisotopic (exact) mass is 349 g/mol. The smallest absolute Gasteiger partial charge is 0.308 e. The van der Waals surface area contributed by atoms with Crippen LogP contribution in [-0.2, 0) is 27.4 Å². The fourth-order valence-electron chi connectivity index (χ4n) is 4.27. The van der Waals surface area contributed by atoms with Gasteiger partial charge < -0.3 is 19.3 Å². The van der Waals surface area contributed by atoms with Crippen molar-refractivity contribution in [1.29, 1.82) is 0 Å². The molecule has 2 heterocycles. The van der Waals surface area contributed by atoms with Gasteiger partial charge in [-0.25, -0.2) is 0 Å². The lowest BCUT2D eigenvalue weighted by atomic mass is 9.72. The molecule has 0 aliphatic carbocycles. The molecule has 6 heteroatoms. The van der Waals surface area contributed by atoms with E-state index in [1.807, 2.05) is 12.1 Å². The maximum absolute atomic E-state index is 11.8. The average molecular weight is 349 g/mol. The minimum Gasteiger partial charge on any atom is -0.496 e. The summed E-state index contributed by atoms with van der Waals surface area (Å²) < 4.78 is 16.1. The van der Waals surface area contributed by atoms with Crippen molar-refractivity contribution in [1.82, 2.24) is 4.90 Å². The number of rotatable bonds is 6. The molecule has 1 atom stereocenters. The molecule has 138 valence electrons. The largest absolute Gasteiger partial charge is 0.496 e. The Bertz CT molecular complexity index is 612. The number of nitrogens with zero attached hydrogens (tertiary/aromatic N) is 1. The molecule has 0 saturated carbocycles. The highest BCUT2D eigenvalue weighted by Gasteiger charge is 2.50. The molecule has 2 saturated heterocycles. The molecule has 0 amide bonds. The van der Waals surface area contributed by atoms with Crippen molar-refractivity contribution in [2.45, 2.75) is 26.0 Å². The Hall–Kier alpha value is -1.63. The summed E-state index contributed by atoms with van der Waals surface area (Å²) in [4.78, 5) is 14.1. The second kappa shape index (κ2) is 7.72. The van der Waals surface area contributed by atoms with Gasteiger partial charge in [-0.1, -0.05) is 6.07 Å². The maximum Gasteiger partial charge on any atom is 0.308 e. The third-order valence-electron chi connectivity index (χ3n) is 5.56. The molecule has 2 aliphatic rings. The van der Waals surface area contributed by atoms with E-state index < -0.39 is 5.97 Å². The molecule has 1 unspecified atom stereocenters. The lowest BCUT2D eigenvalue weighted by molar-refractivity contribution is -0.147. The molecule has 0 aromatic heterocycles. The van der Waals surface area contributed by atoms with Gasteiger partial charge >= 0.3 is 5.97 Å². The van der Waals surface area contributed by atoms with Crippen LogP contribution in [0.5, 0.6) is 5.75 Å². The quantitative estimate of drug-likeness (QED) is 0.849. The van der Waals surface area contributed by atoms with Crippen molar-refractivity contribution in [3.05, 3.63) is 29.3 Å². The maximum atomic E-state index is 11.8. The summed E-state index contributed by atoms with van der Waals surface area (Å²) in [5, 5.41) is 9.70. The van der Waals surface area contributed by atoms with E-state index in [0.29, 0.717) is 26.4 Å². The number of likely N-dealkylation sites (tertiary alicyclic amines) is 1. The average Bonchev–Trinajstić information content (AvgIpc) is 2.94. The van der Waals surface area contributed by atoms with Crippen LogP contribution in [0.4, 0.5) is 0 Å². The third-order valence-corrected chi connectivity index (χ3v) is 5.56. The lowest BCUT2D eigenvalue weighted by Crippen LogP contribution is -2.40. The van der Waals surface area contributed by atoms with Crippen LogP contribution in [0.2, 0.25) is 0 Å². The molecule has 1 aromatic carbocycles. The predicted octanol–water partition coefficient (Wildman–Crippen LogP) is 2.15. The van der Waals surface area contributed by atoms with Crippen molar-refractivity contribution >= 4 is 5.97 Å². The molecule has 25 heavy (non-hydrogen) atoms. The number of benzene rings is 1. The summed E-state index contributed by atoms with van der Waals surface area (Å²) in [6, 6.07) is 6.09. The summed E-state index contributed by atoms with van der Waals surface area (Å²) in [7, 11) is 3.32. The van der Waals surface area contributed by atoms with Gasteiger partial charge in [0.15, 0.2) is 0 Å². The van der Waals surface area contributed by atoms with Crippen LogP contribution in [0.1, 0.15) is 24.0 Å². The Kier molecular flexibility index (Phi) is 5.61.